The van der Waals surface area contributed by atoms with Crippen LogP contribution >= 0.6 is 0 Å². The van der Waals surface area contributed by atoms with Crippen molar-refractivity contribution in [2.45, 2.75) is 356 Å². The third-order valence-electron chi connectivity index (χ3n) is 15.9. The minimum Gasteiger partial charge on any atom is -0.394 e. The molecule has 0 radical (unpaired) electrons. The lowest BCUT2D eigenvalue weighted by atomic mass is 9.98. The Morgan fingerprint density at radius 1 is 0.312 bits per heavy atom. The van der Waals surface area contributed by atoms with E-state index in [0.717, 1.165) is 38.5 Å². The van der Waals surface area contributed by atoms with Gasteiger partial charge in [-0.1, -0.05) is 291 Å². The fourth-order valence-corrected chi connectivity index (χ4v) is 10.4. The van der Waals surface area contributed by atoms with E-state index >= 15 is 0 Å². The molecule has 0 saturated heterocycles. The third-order valence-corrected chi connectivity index (χ3v) is 15.9. The summed E-state index contributed by atoms with van der Waals surface area (Å²) in [6, 6.07) is 0. The molecular weight excluding hydrogens is 1000 g/mol. The largest absolute Gasteiger partial charge is 0.394 e. The zero-order valence-electron chi connectivity index (χ0n) is 54.2. The van der Waals surface area contributed by atoms with Crippen LogP contribution in [0.3, 0.4) is 0 Å². The first-order chi connectivity index (χ1) is 38.8. The molecule has 12 nitrogen and oxygen atoms in total. The summed E-state index contributed by atoms with van der Waals surface area (Å²) in [6.07, 6.45) is 56.0. The minimum absolute atomic E-state index is 0.0251. The van der Waals surface area contributed by atoms with Crippen molar-refractivity contribution < 1.29 is 45.0 Å². The maximum Gasteiger partial charge on any atom is 0.222 e. The number of unbranched alkanes of at least 4 members (excludes halogenated alkanes) is 38. The predicted molar refractivity (Wildman–Crippen MR) is 340 cm³/mol. The molecule has 4 unspecified atom stereocenters. The van der Waals surface area contributed by atoms with E-state index in [1.807, 2.05) is 6.92 Å². The van der Waals surface area contributed by atoms with Crippen molar-refractivity contribution in [2.75, 3.05) is 59.1 Å². The first kappa shape index (κ1) is 82.4. The molecule has 12 heteroatoms. The molecule has 0 spiro atoms. The fourth-order valence-electron chi connectivity index (χ4n) is 10.4. The van der Waals surface area contributed by atoms with Crippen LogP contribution in [0.2, 0.25) is 0 Å². The number of nitrogens with zero attached hydrogens (tertiary/aromatic N) is 3. The molecule has 0 aliphatic rings. The average Bonchev–Trinajstić information content (AvgIpc) is 3.44. The molecule has 6 N–H and O–H groups in total. The zero-order chi connectivity index (χ0) is 60.0. The van der Waals surface area contributed by atoms with Gasteiger partial charge in [0.05, 0.1) is 38.1 Å². The number of carbonyl (C=O) groups is 3. The maximum absolute atomic E-state index is 12.1. The van der Waals surface area contributed by atoms with Crippen molar-refractivity contribution in [3.05, 3.63) is 0 Å². The van der Waals surface area contributed by atoms with Gasteiger partial charge in [0.2, 0.25) is 17.7 Å². The second-order valence-electron chi connectivity index (χ2n) is 24.1. The van der Waals surface area contributed by atoms with Crippen molar-refractivity contribution >= 4 is 17.7 Å². The van der Waals surface area contributed by atoms with Gasteiger partial charge in [-0.15, -0.1) is 0 Å². The first-order valence-corrected chi connectivity index (χ1v) is 34.4. The van der Waals surface area contributed by atoms with Gasteiger partial charge in [0, 0.05) is 59.5 Å². The summed E-state index contributed by atoms with van der Waals surface area (Å²) in [5.74, 6) is 0.643. The SMILES string of the molecule is CCCCCCCCCCCCCC(C)CCN(CC(O)CO)C(C)=O.CCCCCCCCCCCCCCCCCN(CC(O)CO)C(=O)CCC.CCCCCCCCCCCCCCCCCN(CC(O)CO)C(C)=O. The van der Waals surface area contributed by atoms with E-state index in [-0.39, 0.29) is 57.2 Å². The van der Waals surface area contributed by atoms with Crippen molar-refractivity contribution in [2.24, 2.45) is 5.92 Å². The van der Waals surface area contributed by atoms with Crippen LogP contribution in [0.25, 0.3) is 0 Å². The van der Waals surface area contributed by atoms with Gasteiger partial charge in [-0.2, -0.15) is 0 Å². The Morgan fingerprint density at radius 3 is 0.812 bits per heavy atom. The molecule has 0 aromatic heterocycles. The molecular formula is C68H139N3O9. The normalized spacial score (nSPS) is 12.7. The number of aliphatic hydroxyl groups is 6. The van der Waals surface area contributed by atoms with Crippen LogP contribution in [0.15, 0.2) is 0 Å². The van der Waals surface area contributed by atoms with Gasteiger partial charge >= 0.3 is 0 Å². The van der Waals surface area contributed by atoms with Crippen LogP contribution in [0.4, 0.5) is 0 Å². The molecule has 80 heavy (non-hydrogen) atoms. The third kappa shape index (κ3) is 62.2. The van der Waals surface area contributed by atoms with Crippen molar-refractivity contribution in [1.29, 1.82) is 0 Å². The number of carbonyl (C=O) groups excluding carboxylic acids is 3. The quantitative estimate of drug-likeness (QED) is 0.0323. The summed E-state index contributed by atoms with van der Waals surface area (Å²) >= 11 is 0. The lowest BCUT2D eigenvalue weighted by Crippen LogP contribution is -2.39. The van der Waals surface area contributed by atoms with E-state index in [1.54, 1.807) is 14.7 Å². The average molecular weight is 1140 g/mol. The number of amides is 3. The molecule has 3 amide bonds. The van der Waals surface area contributed by atoms with E-state index in [9.17, 15) is 29.7 Å². The summed E-state index contributed by atoms with van der Waals surface area (Å²) in [5.41, 5.74) is 0. The highest BCUT2D eigenvalue weighted by atomic mass is 16.3. The van der Waals surface area contributed by atoms with Gasteiger partial charge in [-0.25, -0.2) is 0 Å². The van der Waals surface area contributed by atoms with Crippen LogP contribution in [-0.4, -0.2) is 140 Å². The van der Waals surface area contributed by atoms with Gasteiger partial charge in [-0.3, -0.25) is 14.4 Å². The van der Waals surface area contributed by atoms with Crippen LogP contribution in [0.1, 0.15) is 337 Å². The molecule has 0 fully saturated rings. The lowest BCUT2D eigenvalue weighted by molar-refractivity contribution is -0.133. The van der Waals surface area contributed by atoms with Crippen molar-refractivity contribution in [3.63, 3.8) is 0 Å². The summed E-state index contributed by atoms with van der Waals surface area (Å²) in [4.78, 5) is 40.2. The Bertz CT molecular complexity index is 1260. The predicted octanol–water partition coefficient (Wildman–Crippen LogP) is 15.8. The van der Waals surface area contributed by atoms with E-state index < -0.39 is 18.3 Å². The van der Waals surface area contributed by atoms with Crippen LogP contribution < -0.4 is 0 Å². The fraction of sp³-hybridized carbons (Fsp3) is 0.956. The van der Waals surface area contributed by atoms with Gasteiger partial charge < -0.3 is 45.3 Å². The van der Waals surface area contributed by atoms with Gasteiger partial charge in [0.1, 0.15) is 0 Å². The number of rotatable bonds is 58. The Balaban J connectivity index is -0.00000111. The number of hydrogen-bond donors (Lipinski definition) is 6. The minimum atomic E-state index is -0.833. The lowest BCUT2D eigenvalue weighted by Gasteiger charge is -2.24. The zero-order valence-corrected chi connectivity index (χ0v) is 54.2. The highest BCUT2D eigenvalue weighted by Gasteiger charge is 2.17. The Kier molecular flexibility index (Phi) is 68.3. The van der Waals surface area contributed by atoms with E-state index in [1.165, 1.54) is 258 Å². The van der Waals surface area contributed by atoms with Crippen LogP contribution in [0.5, 0.6) is 0 Å². The van der Waals surface area contributed by atoms with E-state index in [4.69, 9.17) is 15.3 Å². The van der Waals surface area contributed by atoms with Crippen LogP contribution in [-0.2, 0) is 14.4 Å². The highest BCUT2D eigenvalue weighted by Crippen LogP contribution is 2.19. The molecule has 0 heterocycles. The van der Waals surface area contributed by atoms with Gasteiger partial charge in [0.25, 0.3) is 0 Å². The molecule has 0 aromatic carbocycles. The summed E-state index contributed by atoms with van der Waals surface area (Å²) < 4.78 is 0. The molecule has 0 bridgehead atoms. The Morgan fingerprint density at radius 2 is 0.550 bits per heavy atom. The molecule has 0 saturated carbocycles. The topological polar surface area (TPSA) is 182 Å². The summed E-state index contributed by atoms with van der Waals surface area (Å²) in [5, 5.41) is 55.4. The van der Waals surface area contributed by atoms with E-state index in [2.05, 4.69) is 27.7 Å². The smallest absolute Gasteiger partial charge is 0.222 e. The van der Waals surface area contributed by atoms with Gasteiger partial charge in [0.15, 0.2) is 0 Å². The molecule has 0 aromatic rings. The molecule has 4 atom stereocenters. The Labute approximate surface area is 496 Å². The number of aliphatic hydroxyl groups excluding tert-OH is 6. The molecule has 0 aliphatic heterocycles. The van der Waals surface area contributed by atoms with Crippen molar-refractivity contribution in [1.82, 2.24) is 14.7 Å². The second kappa shape index (κ2) is 66.3. The van der Waals surface area contributed by atoms with E-state index in [0.29, 0.717) is 32.0 Å². The molecule has 480 valence electrons. The maximum atomic E-state index is 12.1. The molecule has 0 rings (SSSR count). The van der Waals surface area contributed by atoms with Gasteiger partial charge in [-0.05, 0) is 31.6 Å². The first-order valence-electron chi connectivity index (χ1n) is 34.4. The second-order valence-corrected chi connectivity index (χ2v) is 24.1. The Hall–Kier alpha value is -1.83. The summed E-state index contributed by atoms with van der Waals surface area (Å²) in [6.45, 7) is 16.0. The van der Waals surface area contributed by atoms with Crippen LogP contribution in [0, 0.1) is 5.92 Å². The van der Waals surface area contributed by atoms with Crippen molar-refractivity contribution in [3.8, 4) is 0 Å². The standard InChI is InChI=1S/C24H49NO3.2C22H45NO3/c1-3-5-6-7-8-9-10-11-12-13-14-15-16-17-18-20-25(21-23(27)22-26)24(28)19-4-2;1-4-5-6-7-8-9-10-11-12-13-14-15-20(2)16-17-23(21(3)25)18-22(26)19-24;1-3-4-5-6-7-8-9-10-11-12-13-14-15-16-17-18-23(21(2)25)19-22(26)20-24/h23,26-27H,3-22H2,1-2H3;20,22,24,26H,4-19H2,1-3H3;22,24,26H,3-20H2,1-2H3. The number of hydrogen-bond acceptors (Lipinski definition) is 9. The molecule has 0 aliphatic carbocycles. The summed E-state index contributed by atoms with van der Waals surface area (Å²) in [7, 11) is 0. The highest BCUT2D eigenvalue weighted by molar-refractivity contribution is 5.76. The monoisotopic (exact) mass is 1140 g/mol.